The van der Waals surface area contributed by atoms with E-state index >= 15 is 0 Å². The number of carbonyl (C=O) groups is 1. The number of nitrogens with zero attached hydrogens (tertiary/aromatic N) is 1. The second-order valence-corrected chi connectivity index (χ2v) is 6.38. The largest absolute Gasteiger partial charge is 0.316 e. The Morgan fingerprint density at radius 3 is 2.90 bits per heavy atom. The summed E-state index contributed by atoms with van der Waals surface area (Å²) in [5.41, 5.74) is 2.22. The third-order valence-electron chi connectivity index (χ3n) is 4.72. The van der Waals surface area contributed by atoms with Gasteiger partial charge in [-0.05, 0) is 57.2 Å². The molecule has 1 aromatic carbocycles. The number of aryl methyl sites for hydroxylation is 1. The highest BCUT2D eigenvalue weighted by molar-refractivity contribution is 5.98. The highest BCUT2D eigenvalue weighted by Gasteiger charge is 2.38. The van der Waals surface area contributed by atoms with Gasteiger partial charge in [0.05, 0.1) is 5.41 Å². The van der Waals surface area contributed by atoms with Crippen LogP contribution < -0.4 is 10.2 Å². The third kappa shape index (κ3) is 2.47. The molecule has 20 heavy (non-hydrogen) atoms. The van der Waals surface area contributed by atoms with E-state index in [1.54, 1.807) is 0 Å². The van der Waals surface area contributed by atoms with Crippen molar-refractivity contribution in [3.63, 3.8) is 0 Å². The SMILES string of the molecule is CC1(C(=O)N2CCCCc3ccccc32)CCCNC1. The predicted octanol–water partition coefficient (Wildman–Crippen LogP) is 2.75. The van der Waals surface area contributed by atoms with Crippen LogP contribution in [-0.4, -0.2) is 25.5 Å². The molecule has 2 aliphatic heterocycles. The quantitative estimate of drug-likeness (QED) is 0.852. The van der Waals surface area contributed by atoms with E-state index in [2.05, 4.69) is 35.3 Å². The fourth-order valence-electron chi connectivity index (χ4n) is 3.47. The molecule has 1 saturated heterocycles. The first-order valence-electron chi connectivity index (χ1n) is 7.81. The van der Waals surface area contributed by atoms with Gasteiger partial charge in [0.25, 0.3) is 0 Å². The standard InChI is InChI=1S/C17H24N2O/c1-17(10-6-11-18-13-17)16(20)19-12-5-4-8-14-7-2-3-9-15(14)19/h2-3,7,9,18H,4-6,8,10-13H2,1H3. The second-order valence-electron chi connectivity index (χ2n) is 6.38. The fraction of sp³-hybridized carbons (Fsp3) is 0.588. The Hall–Kier alpha value is -1.35. The molecule has 0 spiro atoms. The first-order chi connectivity index (χ1) is 9.71. The van der Waals surface area contributed by atoms with E-state index in [4.69, 9.17) is 0 Å². The van der Waals surface area contributed by atoms with Crippen LogP contribution in [0.5, 0.6) is 0 Å². The Labute approximate surface area is 121 Å². The molecule has 1 N–H and O–H groups in total. The molecule has 1 fully saturated rings. The molecule has 1 amide bonds. The molecule has 0 aromatic heterocycles. The molecule has 1 unspecified atom stereocenters. The first-order valence-corrected chi connectivity index (χ1v) is 7.81. The summed E-state index contributed by atoms with van der Waals surface area (Å²) >= 11 is 0. The molecule has 108 valence electrons. The summed E-state index contributed by atoms with van der Waals surface area (Å²) in [6.45, 7) is 4.84. The van der Waals surface area contributed by atoms with Gasteiger partial charge in [-0.1, -0.05) is 18.2 Å². The molecule has 3 rings (SSSR count). The van der Waals surface area contributed by atoms with E-state index in [0.29, 0.717) is 5.91 Å². The van der Waals surface area contributed by atoms with Crippen molar-refractivity contribution in [3.05, 3.63) is 29.8 Å². The van der Waals surface area contributed by atoms with Crippen LogP contribution in [0.15, 0.2) is 24.3 Å². The van der Waals surface area contributed by atoms with Crippen molar-refractivity contribution in [2.45, 2.75) is 39.0 Å². The molecule has 0 radical (unpaired) electrons. The lowest BCUT2D eigenvalue weighted by molar-refractivity contribution is -0.128. The maximum Gasteiger partial charge on any atom is 0.234 e. The number of nitrogens with one attached hydrogen (secondary N) is 1. The highest BCUT2D eigenvalue weighted by Crippen LogP contribution is 2.33. The molecular weight excluding hydrogens is 248 g/mol. The monoisotopic (exact) mass is 272 g/mol. The maximum atomic E-state index is 13.1. The number of hydrogen-bond donors (Lipinski definition) is 1. The summed E-state index contributed by atoms with van der Waals surface area (Å²) in [6, 6.07) is 8.41. The first kappa shape index (κ1) is 13.6. The van der Waals surface area contributed by atoms with Crippen molar-refractivity contribution >= 4 is 11.6 Å². The minimum Gasteiger partial charge on any atom is -0.316 e. The zero-order chi connectivity index (χ0) is 14.0. The zero-order valence-electron chi connectivity index (χ0n) is 12.3. The minimum atomic E-state index is -0.240. The Morgan fingerprint density at radius 1 is 1.25 bits per heavy atom. The summed E-state index contributed by atoms with van der Waals surface area (Å²) in [4.78, 5) is 15.1. The fourth-order valence-corrected chi connectivity index (χ4v) is 3.47. The van der Waals surface area contributed by atoms with Crippen molar-refractivity contribution in [1.29, 1.82) is 0 Å². The van der Waals surface area contributed by atoms with E-state index in [9.17, 15) is 4.79 Å². The van der Waals surface area contributed by atoms with E-state index < -0.39 is 0 Å². The lowest BCUT2D eigenvalue weighted by atomic mass is 9.81. The van der Waals surface area contributed by atoms with Crippen molar-refractivity contribution in [2.24, 2.45) is 5.41 Å². The van der Waals surface area contributed by atoms with Crippen molar-refractivity contribution in [1.82, 2.24) is 5.32 Å². The molecule has 3 heteroatoms. The van der Waals surface area contributed by atoms with Crippen LogP contribution in [0.2, 0.25) is 0 Å². The Balaban J connectivity index is 1.91. The summed E-state index contributed by atoms with van der Waals surface area (Å²) in [6.07, 6.45) is 5.46. The number of rotatable bonds is 1. The number of anilines is 1. The van der Waals surface area contributed by atoms with Crippen LogP contribution in [0.4, 0.5) is 5.69 Å². The van der Waals surface area contributed by atoms with E-state index in [-0.39, 0.29) is 5.41 Å². The van der Waals surface area contributed by atoms with Crippen molar-refractivity contribution in [2.75, 3.05) is 24.5 Å². The van der Waals surface area contributed by atoms with Gasteiger partial charge in [0.2, 0.25) is 5.91 Å². The molecule has 0 saturated carbocycles. The average Bonchev–Trinajstić information content (AvgIpc) is 2.69. The van der Waals surface area contributed by atoms with Gasteiger partial charge in [0.15, 0.2) is 0 Å². The lowest BCUT2D eigenvalue weighted by Crippen LogP contribution is -2.50. The molecule has 1 aromatic rings. The van der Waals surface area contributed by atoms with E-state index in [1.807, 2.05) is 6.07 Å². The van der Waals surface area contributed by atoms with Gasteiger partial charge in [-0.2, -0.15) is 0 Å². The molecular formula is C17H24N2O. The van der Waals surface area contributed by atoms with Gasteiger partial charge < -0.3 is 10.2 Å². The van der Waals surface area contributed by atoms with Gasteiger partial charge >= 0.3 is 0 Å². The number of hydrogen-bond acceptors (Lipinski definition) is 2. The summed E-state index contributed by atoms with van der Waals surface area (Å²) in [5.74, 6) is 0.305. The summed E-state index contributed by atoms with van der Waals surface area (Å²) in [5, 5.41) is 3.39. The number of carbonyl (C=O) groups excluding carboxylic acids is 1. The molecule has 3 nitrogen and oxygen atoms in total. The van der Waals surface area contributed by atoms with Gasteiger partial charge in [0.1, 0.15) is 0 Å². The van der Waals surface area contributed by atoms with Gasteiger partial charge in [-0.25, -0.2) is 0 Å². The Kier molecular flexibility index (Phi) is 3.79. The Morgan fingerprint density at radius 2 is 2.10 bits per heavy atom. The van der Waals surface area contributed by atoms with Crippen LogP contribution in [0, 0.1) is 5.41 Å². The molecule has 1 atom stereocenters. The zero-order valence-corrected chi connectivity index (χ0v) is 12.3. The number of benzene rings is 1. The van der Waals surface area contributed by atoms with Gasteiger partial charge in [-0.3, -0.25) is 4.79 Å². The summed E-state index contributed by atoms with van der Waals surface area (Å²) < 4.78 is 0. The van der Waals surface area contributed by atoms with Crippen molar-refractivity contribution in [3.8, 4) is 0 Å². The number of fused-ring (bicyclic) bond motifs is 1. The number of piperidine rings is 1. The number of para-hydroxylation sites is 1. The molecule has 0 bridgehead atoms. The molecule has 2 heterocycles. The summed E-state index contributed by atoms with van der Waals surface area (Å²) in [7, 11) is 0. The normalized spacial score (nSPS) is 26.8. The highest BCUT2D eigenvalue weighted by atomic mass is 16.2. The Bertz CT molecular complexity index is 492. The lowest BCUT2D eigenvalue weighted by Gasteiger charge is -2.37. The molecule has 0 aliphatic carbocycles. The number of amides is 1. The van der Waals surface area contributed by atoms with Crippen LogP contribution in [0.25, 0.3) is 0 Å². The average molecular weight is 272 g/mol. The predicted molar refractivity (Wildman–Crippen MR) is 81.9 cm³/mol. The maximum absolute atomic E-state index is 13.1. The van der Waals surface area contributed by atoms with Crippen LogP contribution in [-0.2, 0) is 11.2 Å². The van der Waals surface area contributed by atoms with E-state index in [1.165, 1.54) is 12.0 Å². The van der Waals surface area contributed by atoms with Crippen molar-refractivity contribution < 1.29 is 4.79 Å². The third-order valence-corrected chi connectivity index (χ3v) is 4.72. The van der Waals surface area contributed by atoms with Crippen LogP contribution in [0.3, 0.4) is 0 Å². The van der Waals surface area contributed by atoms with Crippen LogP contribution >= 0.6 is 0 Å². The van der Waals surface area contributed by atoms with Crippen LogP contribution in [0.1, 0.15) is 38.2 Å². The van der Waals surface area contributed by atoms with E-state index in [0.717, 1.165) is 51.0 Å². The molecule has 2 aliphatic rings. The minimum absolute atomic E-state index is 0.240. The van der Waals surface area contributed by atoms with Gasteiger partial charge in [0, 0.05) is 18.8 Å². The topological polar surface area (TPSA) is 32.3 Å². The van der Waals surface area contributed by atoms with Gasteiger partial charge in [-0.15, -0.1) is 0 Å². The second kappa shape index (κ2) is 5.57. The smallest absolute Gasteiger partial charge is 0.234 e.